The number of thiophene rings is 1. The molecule has 0 bridgehead atoms. The molecule has 2 rings (SSSR count). The van der Waals surface area contributed by atoms with Crippen LogP contribution < -0.4 is 0 Å². The van der Waals surface area contributed by atoms with Crippen molar-refractivity contribution >= 4 is 27.3 Å². The lowest BCUT2D eigenvalue weighted by atomic mass is 10.0. The molecule has 0 nitrogen and oxygen atoms in total. The first kappa shape index (κ1) is 11.9. The van der Waals surface area contributed by atoms with Crippen LogP contribution in [0.5, 0.6) is 0 Å². The van der Waals surface area contributed by atoms with Crippen molar-refractivity contribution in [3.8, 4) is 0 Å². The second-order valence-corrected chi connectivity index (χ2v) is 6.19. The van der Waals surface area contributed by atoms with Gasteiger partial charge in [-0.2, -0.15) is 0 Å². The number of hydrogen-bond acceptors (Lipinski definition) is 1. The summed E-state index contributed by atoms with van der Waals surface area (Å²) in [7, 11) is 0. The Hall–Kier alpha value is -0.600. The third kappa shape index (κ3) is 2.74. The fraction of sp³-hybridized carbons (Fsp3) is 0.286. The van der Waals surface area contributed by atoms with Crippen LogP contribution in [-0.2, 0) is 6.42 Å². The van der Waals surface area contributed by atoms with Gasteiger partial charge in [0.15, 0.2) is 0 Å². The standard InChI is InChI=1S/C14H15BrS/c1-10-5-6-12(8-11(10)2)9-13(15)14-4-3-7-16-14/h3-8,13H,9H2,1-2H3. The van der Waals surface area contributed by atoms with Crippen molar-refractivity contribution in [3.05, 3.63) is 57.3 Å². The first-order valence-corrected chi connectivity index (χ1v) is 7.20. The van der Waals surface area contributed by atoms with Gasteiger partial charge < -0.3 is 0 Å². The lowest BCUT2D eigenvalue weighted by Gasteiger charge is -2.09. The summed E-state index contributed by atoms with van der Waals surface area (Å²) in [5.41, 5.74) is 4.15. The molecule has 84 valence electrons. The SMILES string of the molecule is Cc1ccc(CC(Br)c2cccs2)cc1C. The van der Waals surface area contributed by atoms with Crippen LogP contribution >= 0.6 is 27.3 Å². The van der Waals surface area contributed by atoms with Crippen molar-refractivity contribution in [2.45, 2.75) is 25.1 Å². The fourth-order valence-corrected chi connectivity index (χ4v) is 3.26. The molecule has 0 amide bonds. The number of halogens is 1. The van der Waals surface area contributed by atoms with Gasteiger partial charge in [-0.05, 0) is 48.4 Å². The molecule has 2 aromatic rings. The van der Waals surface area contributed by atoms with E-state index in [1.165, 1.54) is 21.6 Å². The molecule has 0 spiro atoms. The third-order valence-electron chi connectivity index (χ3n) is 2.84. The molecule has 0 aliphatic carbocycles. The van der Waals surface area contributed by atoms with Crippen LogP contribution in [0.15, 0.2) is 35.7 Å². The smallest absolute Gasteiger partial charge is 0.0529 e. The highest BCUT2D eigenvalue weighted by Gasteiger charge is 2.09. The van der Waals surface area contributed by atoms with Gasteiger partial charge >= 0.3 is 0 Å². The van der Waals surface area contributed by atoms with E-state index in [1.54, 1.807) is 0 Å². The van der Waals surface area contributed by atoms with Crippen molar-refractivity contribution in [1.82, 2.24) is 0 Å². The molecule has 0 aliphatic rings. The Morgan fingerprint density at radius 3 is 2.62 bits per heavy atom. The maximum absolute atomic E-state index is 3.76. The molecule has 1 unspecified atom stereocenters. The van der Waals surface area contributed by atoms with E-state index in [-0.39, 0.29) is 0 Å². The minimum Gasteiger partial charge on any atom is -0.148 e. The van der Waals surface area contributed by atoms with Crippen LogP contribution in [0.1, 0.15) is 26.4 Å². The van der Waals surface area contributed by atoms with Gasteiger partial charge in [-0.25, -0.2) is 0 Å². The number of alkyl halides is 1. The fourth-order valence-electron chi connectivity index (χ4n) is 1.71. The predicted octanol–water partition coefficient (Wildman–Crippen LogP) is 5.04. The number of benzene rings is 1. The van der Waals surface area contributed by atoms with Crippen LogP contribution in [0.3, 0.4) is 0 Å². The first-order valence-electron chi connectivity index (χ1n) is 5.40. The quantitative estimate of drug-likeness (QED) is 0.696. The average Bonchev–Trinajstić information content (AvgIpc) is 2.77. The number of rotatable bonds is 3. The lowest BCUT2D eigenvalue weighted by Crippen LogP contribution is -1.94. The largest absolute Gasteiger partial charge is 0.148 e. The van der Waals surface area contributed by atoms with E-state index < -0.39 is 0 Å². The Bertz CT molecular complexity index is 460. The second kappa shape index (κ2) is 5.15. The molecule has 0 saturated carbocycles. The molecule has 1 atom stereocenters. The third-order valence-corrected chi connectivity index (χ3v) is 4.94. The Kier molecular flexibility index (Phi) is 3.82. The normalized spacial score (nSPS) is 12.7. The molecule has 0 fully saturated rings. The summed E-state index contributed by atoms with van der Waals surface area (Å²) in [6.07, 6.45) is 1.06. The van der Waals surface area contributed by atoms with Gasteiger partial charge in [0.05, 0.1) is 4.83 Å². The monoisotopic (exact) mass is 294 g/mol. The van der Waals surface area contributed by atoms with Gasteiger partial charge in [0.1, 0.15) is 0 Å². The Morgan fingerprint density at radius 2 is 2.00 bits per heavy atom. The van der Waals surface area contributed by atoms with E-state index in [1.807, 2.05) is 11.3 Å². The van der Waals surface area contributed by atoms with Gasteiger partial charge in [0, 0.05) is 4.88 Å². The van der Waals surface area contributed by atoms with Gasteiger partial charge in [-0.15, -0.1) is 11.3 Å². The summed E-state index contributed by atoms with van der Waals surface area (Å²) in [5.74, 6) is 0. The van der Waals surface area contributed by atoms with Crippen molar-refractivity contribution < 1.29 is 0 Å². The zero-order chi connectivity index (χ0) is 11.5. The zero-order valence-electron chi connectivity index (χ0n) is 9.53. The highest BCUT2D eigenvalue weighted by molar-refractivity contribution is 9.09. The molecule has 1 heterocycles. The van der Waals surface area contributed by atoms with Crippen LogP contribution in [-0.4, -0.2) is 0 Å². The molecular weight excluding hydrogens is 280 g/mol. The van der Waals surface area contributed by atoms with Crippen molar-refractivity contribution in [2.75, 3.05) is 0 Å². The molecule has 1 aromatic heterocycles. The Balaban J connectivity index is 2.12. The van der Waals surface area contributed by atoms with Crippen LogP contribution in [0.25, 0.3) is 0 Å². The molecule has 1 aromatic carbocycles. The van der Waals surface area contributed by atoms with Gasteiger partial charge in [-0.3, -0.25) is 0 Å². The van der Waals surface area contributed by atoms with Gasteiger partial charge in [0.25, 0.3) is 0 Å². The van der Waals surface area contributed by atoms with E-state index in [9.17, 15) is 0 Å². The van der Waals surface area contributed by atoms with E-state index in [0.717, 1.165) is 6.42 Å². The maximum atomic E-state index is 3.76. The van der Waals surface area contributed by atoms with E-state index >= 15 is 0 Å². The average molecular weight is 295 g/mol. The summed E-state index contributed by atoms with van der Waals surface area (Å²) >= 11 is 5.57. The van der Waals surface area contributed by atoms with Crippen LogP contribution in [0, 0.1) is 13.8 Å². The molecular formula is C14H15BrS. The summed E-state index contributed by atoms with van der Waals surface area (Å²) in [4.78, 5) is 1.84. The maximum Gasteiger partial charge on any atom is 0.0529 e. The summed E-state index contributed by atoms with van der Waals surface area (Å²) in [6.45, 7) is 4.33. The minimum atomic E-state index is 0.439. The number of aryl methyl sites for hydroxylation is 2. The topological polar surface area (TPSA) is 0 Å². The molecule has 0 N–H and O–H groups in total. The molecule has 0 saturated heterocycles. The van der Waals surface area contributed by atoms with Gasteiger partial charge in [-0.1, -0.05) is 40.2 Å². The van der Waals surface area contributed by atoms with Crippen LogP contribution in [0.2, 0.25) is 0 Å². The lowest BCUT2D eigenvalue weighted by molar-refractivity contribution is 0.965. The highest BCUT2D eigenvalue weighted by atomic mass is 79.9. The summed E-state index contributed by atoms with van der Waals surface area (Å²) in [5, 5.41) is 2.13. The van der Waals surface area contributed by atoms with E-state index in [2.05, 4.69) is 65.5 Å². The Labute approximate surface area is 109 Å². The predicted molar refractivity (Wildman–Crippen MR) is 75.6 cm³/mol. The zero-order valence-corrected chi connectivity index (χ0v) is 11.9. The molecule has 16 heavy (non-hydrogen) atoms. The second-order valence-electron chi connectivity index (χ2n) is 4.11. The van der Waals surface area contributed by atoms with E-state index in [4.69, 9.17) is 0 Å². The highest BCUT2D eigenvalue weighted by Crippen LogP contribution is 2.30. The first-order chi connectivity index (χ1) is 7.66. The van der Waals surface area contributed by atoms with Crippen molar-refractivity contribution in [2.24, 2.45) is 0 Å². The molecule has 0 aliphatic heterocycles. The van der Waals surface area contributed by atoms with Crippen LogP contribution in [0.4, 0.5) is 0 Å². The summed E-state index contributed by atoms with van der Waals surface area (Å²) in [6, 6.07) is 11.0. The van der Waals surface area contributed by atoms with E-state index in [0.29, 0.717) is 4.83 Å². The Morgan fingerprint density at radius 1 is 1.19 bits per heavy atom. The van der Waals surface area contributed by atoms with Crippen molar-refractivity contribution in [1.29, 1.82) is 0 Å². The minimum absolute atomic E-state index is 0.439. The van der Waals surface area contributed by atoms with Crippen molar-refractivity contribution in [3.63, 3.8) is 0 Å². The molecule has 0 radical (unpaired) electrons. The van der Waals surface area contributed by atoms with Gasteiger partial charge in [0.2, 0.25) is 0 Å². The summed E-state index contributed by atoms with van der Waals surface area (Å²) < 4.78 is 0. The molecule has 2 heteroatoms. The number of hydrogen-bond donors (Lipinski definition) is 0.